The molecule has 3 rings (SSSR count). The number of imidazole rings is 2. The summed E-state index contributed by atoms with van der Waals surface area (Å²) >= 11 is 5.96. The third-order valence-electron chi connectivity index (χ3n) is 3.86. The molecule has 0 amide bonds. The highest BCUT2D eigenvalue weighted by atomic mass is 35.5. The van der Waals surface area contributed by atoms with Crippen molar-refractivity contribution in [3.63, 3.8) is 0 Å². The van der Waals surface area contributed by atoms with Crippen molar-refractivity contribution in [1.29, 1.82) is 0 Å². The highest BCUT2D eigenvalue weighted by Gasteiger charge is 2.35. The number of nitrogens with one attached hydrogen (secondary N) is 1. The summed E-state index contributed by atoms with van der Waals surface area (Å²) < 4.78 is 40.0. The highest BCUT2D eigenvalue weighted by Crippen LogP contribution is 2.39. The maximum atomic E-state index is 12.9. The first kappa shape index (κ1) is 22.4. The van der Waals surface area contributed by atoms with Gasteiger partial charge in [0.05, 0.1) is 27.5 Å². The van der Waals surface area contributed by atoms with Crippen LogP contribution in [0.15, 0.2) is 37.1 Å². The first-order valence-corrected chi connectivity index (χ1v) is 8.75. The van der Waals surface area contributed by atoms with Gasteiger partial charge in [0, 0.05) is 30.1 Å². The van der Waals surface area contributed by atoms with E-state index in [1.54, 1.807) is 31.8 Å². The van der Waals surface area contributed by atoms with E-state index in [-0.39, 0.29) is 16.1 Å². The molecule has 0 aliphatic carbocycles. The zero-order valence-corrected chi connectivity index (χ0v) is 16.8. The van der Waals surface area contributed by atoms with E-state index < -0.39 is 22.4 Å². The molecule has 0 bridgehead atoms. The predicted octanol–water partition coefficient (Wildman–Crippen LogP) is 5.47. The molecule has 0 fully saturated rings. The molecule has 2 heterocycles. The van der Waals surface area contributed by atoms with Crippen molar-refractivity contribution < 1.29 is 18.1 Å². The molecule has 1 N–H and O–H groups in total. The molecule has 29 heavy (non-hydrogen) atoms. The number of nitro benzene ring substituents is 1. The van der Waals surface area contributed by atoms with Crippen LogP contribution < -0.4 is 0 Å². The SMILES string of the molecule is Cc1nc(C(C)(C)C)cn1-c1c(Cl)cc(C(F)(F)F)cc1[N+](=O)[O-].c1c[nH]cn1. The summed E-state index contributed by atoms with van der Waals surface area (Å²) in [5, 5.41) is 10.9. The normalized spacial score (nSPS) is 11.7. The molecular formula is C18H19ClF3N5O2. The first-order chi connectivity index (χ1) is 13.3. The Morgan fingerprint density at radius 3 is 2.28 bits per heavy atom. The topological polar surface area (TPSA) is 89.6 Å². The molecule has 7 nitrogen and oxygen atoms in total. The standard InChI is InChI=1S/C15H15ClF3N3O2.C3H4N2/c1-8-20-12(14(2,3)4)7-21(8)13-10(16)5-9(15(17,18)19)6-11(13)22(23)24;1-2-5-3-4-1/h5-7H,1-4H3;1-3H,(H,4,5). The Bertz CT molecular complexity index is 975. The van der Waals surface area contributed by atoms with Gasteiger partial charge in [-0.2, -0.15) is 13.2 Å². The van der Waals surface area contributed by atoms with Gasteiger partial charge in [-0.25, -0.2) is 9.97 Å². The molecule has 1 aromatic carbocycles. The number of nitrogens with zero attached hydrogens (tertiary/aromatic N) is 4. The number of rotatable bonds is 2. The van der Waals surface area contributed by atoms with Crippen LogP contribution in [-0.4, -0.2) is 24.4 Å². The van der Waals surface area contributed by atoms with Gasteiger partial charge in [0.1, 0.15) is 11.5 Å². The van der Waals surface area contributed by atoms with E-state index in [0.717, 1.165) is 0 Å². The third-order valence-corrected chi connectivity index (χ3v) is 4.15. The van der Waals surface area contributed by atoms with Crippen LogP contribution in [-0.2, 0) is 11.6 Å². The molecule has 0 saturated heterocycles. The summed E-state index contributed by atoms with van der Waals surface area (Å²) in [6, 6.07) is 1.16. The fourth-order valence-corrected chi connectivity index (χ4v) is 2.71. The van der Waals surface area contributed by atoms with Crippen LogP contribution in [0.5, 0.6) is 0 Å². The molecule has 0 aliphatic rings. The average molecular weight is 430 g/mol. The van der Waals surface area contributed by atoms with Gasteiger partial charge in [-0.3, -0.25) is 14.7 Å². The van der Waals surface area contributed by atoms with Crippen molar-refractivity contribution >= 4 is 17.3 Å². The summed E-state index contributed by atoms with van der Waals surface area (Å²) in [6.07, 6.45) is 1.91. The molecule has 0 saturated carbocycles. The maximum absolute atomic E-state index is 12.9. The van der Waals surface area contributed by atoms with Crippen LogP contribution in [0, 0.1) is 17.0 Å². The van der Waals surface area contributed by atoms with Crippen LogP contribution in [0.3, 0.4) is 0 Å². The molecule has 156 valence electrons. The van der Waals surface area contributed by atoms with Crippen molar-refractivity contribution in [2.75, 3.05) is 0 Å². The molecule has 0 radical (unpaired) electrons. The Kier molecular flexibility index (Phi) is 6.37. The number of H-pyrrole nitrogens is 1. The molecule has 11 heteroatoms. The van der Waals surface area contributed by atoms with Crippen molar-refractivity contribution in [2.24, 2.45) is 0 Å². The van der Waals surface area contributed by atoms with Gasteiger partial charge in [-0.15, -0.1) is 0 Å². The van der Waals surface area contributed by atoms with Gasteiger partial charge >= 0.3 is 6.18 Å². The molecule has 0 atom stereocenters. The minimum absolute atomic E-state index is 0.129. The number of benzene rings is 1. The number of aryl methyl sites for hydroxylation is 1. The fourth-order valence-electron chi connectivity index (χ4n) is 2.40. The van der Waals surface area contributed by atoms with Gasteiger partial charge < -0.3 is 4.98 Å². The summed E-state index contributed by atoms with van der Waals surface area (Å²) in [6.45, 7) is 7.32. The summed E-state index contributed by atoms with van der Waals surface area (Å²) in [5.41, 5.74) is -1.71. The molecule has 0 aliphatic heterocycles. The van der Waals surface area contributed by atoms with Crippen LogP contribution in [0.1, 0.15) is 37.9 Å². The number of hydrogen-bond acceptors (Lipinski definition) is 4. The minimum atomic E-state index is -4.73. The van der Waals surface area contributed by atoms with E-state index >= 15 is 0 Å². The van der Waals surface area contributed by atoms with Gasteiger partial charge in [0.15, 0.2) is 0 Å². The first-order valence-electron chi connectivity index (χ1n) is 8.37. The Hall–Kier alpha value is -2.88. The minimum Gasteiger partial charge on any atom is -0.351 e. The number of hydrogen-bond donors (Lipinski definition) is 1. The van der Waals surface area contributed by atoms with Crippen LogP contribution in [0.4, 0.5) is 18.9 Å². The van der Waals surface area contributed by atoms with E-state index in [4.69, 9.17) is 11.6 Å². The Morgan fingerprint density at radius 2 is 1.90 bits per heavy atom. The second-order valence-electron chi connectivity index (χ2n) is 7.13. The highest BCUT2D eigenvalue weighted by molar-refractivity contribution is 6.33. The molecule has 0 spiro atoms. The summed E-state index contributed by atoms with van der Waals surface area (Å²) in [4.78, 5) is 21.2. The zero-order valence-electron chi connectivity index (χ0n) is 16.1. The number of aromatic nitrogens is 4. The van der Waals surface area contributed by atoms with E-state index in [1.807, 2.05) is 20.8 Å². The fraction of sp³-hybridized carbons (Fsp3) is 0.333. The average Bonchev–Trinajstić information content (AvgIpc) is 3.25. The van der Waals surface area contributed by atoms with Crippen molar-refractivity contribution in [2.45, 2.75) is 39.3 Å². The van der Waals surface area contributed by atoms with E-state index in [0.29, 0.717) is 23.7 Å². The largest absolute Gasteiger partial charge is 0.416 e. The lowest BCUT2D eigenvalue weighted by Gasteiger charge is -2.14. The van der Waals surface area contributed by atoms with Gasteiger partial charge in [0.25, 0.3) is 5.69 Å². The van der Waals surface area contributed by atoms with Gasteiger partial charge in [0.2, 0.25) is 0 Å². The maximum Gasteiger partial charge on any atom is 0.416 e. The number of alkyl halides is 3. The van der Waals surface area contributed by atoms with Crippen LogP contribution in [0.2, 0.25) is 5.02 Å². The lowest BCUT2D eigenvalue weighted by atomic mass is 9.93. The molecule has 2 aromatic heterocycles. The molecular weight excluding hydrogens is 411 g/mol. The molecule has 3 aromatic rings. The van der Waals surface area contributed by atoms with E-state index in [2.05, 4.69) is 15.0 Å². The smallest absolute Gasteiger partial charge is 0.351 e. The number of halogens is 4. The predicted molar refractivity (Wildman–Crippen MR) is 102 cm³/mol. The third kappa shape index (κ3) is 5.35. The number of aromatic amines is 1. The Balaban J connectivity index is 0.000000521. The second-order valence-corrected chi connectivity index (χ2v) is 7.54. The lowest BCUT2D eigenvalue weighted by molar-refractivity contribution is -0.384. The summed E-state index contributed by atoms with van der Waals surface area (Å²) in [7, 11) is 0. The van der Waals surface area contributed by atoms with Crippen LogP contribution in [0.25, 0.3) is 5.69 Å². The van der Waals surface area contributed by atoms with Crippen molar-refractivity contribution in [3.05, 3.63) is 69.3 Å². The van der Waals surface area contributed by atoms with Crippen LogP contribution >= 0.6 is 11.6 Å². The van der Waals surface area contributed by atoms with Crippen molar-refractivity contribution in [1.82, 2.24) is 19.5 Å². The van der Waals surface area contributed by atoms with Crippen molar-refractivity contribution in [3.8, 4) is 5.69 Å². The van der Waals surface area contributed by atoms with Gasteiger partial charge in [-0.05, 0) is 13.0 Å². The second kappa shape index (κ2) is 8.24. The van der Waals surface area contributed by atoms with E-state index in [1.165, 1.54) is 4.57 Å². The monoisotopic (exact) mass is 429 g/mol. The van der Waals surface area contributed by atoms with Gasteiger partial charge in [-0.1, -0.05) is 32.4 Å². The molecule has 0 unspecified atom stereocenters. The quantitative estimate of drug-likeness (QED) is 0.432. The Morgan fingerprint density at radius 1 is 1.24 bits per heavy atom. The summed E-state index contributed by atoms with van der Waals surface area (Å²) in [5.74, 6) is 0.393. The lowest BCUT2D eigenvalue weighted by Crippen LogP contribution is -2.11. The number of nitro groups is 1. The zero-order chi connectivity index (χ0) is 22.0. The Labute approximate surface area is 169 Å². The van der Waals surface area contributed by atoms with E-state index in [9.17, 15) is 23.3 Å².